The summed E-state index contributed by atoms with van der Waals surface area (Å²) in [4.78, 5) is 27.7. The van der Waals surface area contributed by atoms with Crippen LogP contribution in [0.1, 0.15) is 28.8 Å². The molecule has 0 spiro atoms. The fraction of sp³-hybridized carbons (Fsp3) is 0.167. The van der Waals surface area contributed by atoms with E-state index in [0.29, 0.717) is 11.1 Å². The summed E-state index contributed by atoms with van der Waals surface area (Å²) in [7, 11) is 0. The van der Waals surface area contributed by atoms with E-state index in [2.05, 4.69) is 4.98 Å². The van der Waals surface area contributed by atoms with Crippen LogP contribution in [0.3, 0.4) is 0 Å². The third kappa shape index (κ3) is 4.87. The second-order valence-corrected chi connectivity index (χ2v) is 5.08. The maximum atomic E-state index is 11.9. The van der Waals surface area contributed by atoms with Crippen molar-refractivity contribution in [1.82, 2.24) is 4.98 Å². The summed E-state index contributed by atoms with van der Waals surface area (Å²) in [5.74, 6) is -0.350. The Morgan fingerprint density at radius 2 is 1.48 bits per heavy atom. The largest absolute Gasteiger partial charge is 0.299 e. The van der Waals surface area contributed by atoms with Crippen LogP contribution in [0.2, 0.25) is 0 Å². The molecular formula is C18H13N3O2. The van der Waals surface area contributed by atoms with Crippen molar-refractivity contribution in [3.8, 4) is 12.1 Å². The minimum Gasteiger partial charge on any atom is -0.299 e. The van der Waals surface area contributed by atoms with Gasteiger partial charge in [0.15, 0.2) is 0 Å². The molecule has 5 heteroatoms. The smallest absolute Gasteiger partial charge is 0.144 e. The lowest BCUT2D eigenvalue weighted by Gasteiger charge is -2.02. The van der Waals surface area contributed by atoms with Crippen molar-refractivity contribution < 1.29 is 9.59 Å². The molecule has 2 aromatic rings. The SMILES string of the molecule is N#Cc1ccc(CC(=O)CC(=O)Cc2ccc(C#N)nc2)cc1. The van der Waals surface area contributed by atoms with E-state index < -0.39 is 0 Å². The Morgan fingerprint density at radius 3 is 2.00 bits per heavy atom. The van der Waals surface area contributed by atoms with Gasteiger partial charge in [-0.25, -0.2) is 4.98 Å². The number of pyridine rings is 1. The van der Waals surface area contributed by atoms with Gasteiger partial charge in [0, 0.05) is 19.0 Å². The average Bonchev–Trinajstić information content (AvgIpc) is 2.56. The van der Waals surface area contributed by atoms with E-state index in [0.717, 1.165) is 5.56 Å². The Balaban J connectivity index is 1.87. The maximum absolute atomic E-state index is 11.9. The standard InChI is InChI=1S/C18H13N3O2/c19-10-14-3-1-13(2-4-14)7-17(22)9-18(23)8-15-5-6-16(11-20)21-12-15/h1-6,12H,7-9H2. The zero-order valence-corrected chi connectivity index (χ0v) is 12.3. The summed E-state index contributed by atoms with van der Waals surface area (Å²) in [5, 5.41) is 17.4. The lowest BCUT2D eigenvalue weighted by atomic mass is 10.0. The highest BCUT2D eigenvalue weighted by atomic mass is 16.1. The molecule has 1 aromatic carbocycles. The Morgan fingerprint density at radius 1 is 0.870 bits per heavy atom. The van der Waals surface area contributed by atoms with Gasteiger partial charge in [-0.3, -0.25) is 9.59 Å². The van der Waals surface area contributed by atoms with E-state index in [9.17, 15) is 9.59 Å². The lowest BCUT2D eigenvalue weighted by molar-refractivity contribution is -0.126. The molecule has 0 radical (unpaired) electrons. The number of ketones is 2. The fourth-order valence-corrected chi connectivity index (χ4v) is 2.09. The minimum absolute atomic E-state index is 0.123. The predicted molar refractivity (Wildman–Crippen MR) is 82.1 cm³/mol. The molecule has 5 nitrogen and oxygen atoms in total. The molecule has 0 saturated carbocycles. The van der Waals surface area contributed by atoms with Crippen LogP contribution in [0.25, 0.3) is 0 Å². The van der Waals surface area contributed by atoms with Gasteiger partial charge in [0.1, 0.15) is 23.3 Å². The Bertz CT molecular complexity index is 725. The number of nitrogens with zero attached hydrogens (tertiary/aromatic N) is 3. The summed E-state index contributed by atoms with van der Waals surface area (Å²) >= 11 is 0. The van der Waals surface area contributed by atoms with Crippen molar-refractivity contribution in [3.63, 3.8) is 0 Å². The number of carbonyl (C=O) groups excluding carboxylic acids is 2. The highest BCUT2D eigenvalue weighted by molar-refractivity contribution is 6.00. The summed E-state index contributed by atoms with van der Waals surface area (Å²) in [6.45, 7) is 0. The van der Waals surface area contributed by atoms with Crippen LogP contribution in [0.4, 0.5) is 0 Å². The van der Waals surface area contributed by atoms with Crippen LogP contribution in [0, 0.1) is 22.7 Å². The van der Waals surface area contributed by atoms with Gasteiger partial charge in [-0.05, 0) is 29.3 Å². The first-order chi connectivity index (χ1) is 11.1. The van der Waals surface area contributed by atoms with Crippen molar-refractivity contribution in [1.29, 1.82) is 10.5 Å². The molecule has 0 saturated heterocycles. The van der Waals surface area contributed by atoms with Crippen molar-refractivity contribution >= 4 is 11.6 Å². The number of hydrogen-bond donors (Lipinski definition) is 0. The van der Waals surface area contributed by atoms with Crippen LogP contribution in [0.15, 0.2) is 42.6 Å². The normalized spacial score (nSPS) is 9.65. The number of aromatic nitrogens is 1. The van der Waals surface area contributed by atoms with Crippen LogP contribution in [-0.4, -0.2) is 16.6 Å². The number of nitriles is 2. The lowest BCUT2D eigenvalue weighted by Crippen LogP contribution is -2.12. The number of hydrogen-bond acceptors (Lipinski definition) is 5. The topological polar surface area (TPSA) is 94.6 Å². The van der Waals surface area contributed by atoms with Gasteiger partial charge < -0.3 is 0 Å². The van der Waals surface area contributed by atoms with Crippen LogP contribution >= 0.6 is 0 Å². The maximum Gasteiger partial charge on any atom is 0.144 e. The van der Waals surface area contributed by atoms with Crippen molar-refractivity contribution in [3.05, 3.63) is 65.0 Å². The van der Waals surface area contributed by atoms with Gasteiger partial charge in [-0.2, -0.15) is 10.5 Å². The number of benzene rings is 1. The van der Waals surface area contributed by atoms with Gasteiger partial charge >= 0.3 is 0 Å². The Hall–Kier alpha value is -3.31. The van der Waals surface area contributed by atoms with Crippen molar-refractivity contribution in [2.45, 2.75) is 19.3 Å². The first-order valence-corrected chi connectivity index (χ1v) is 6.98. The molecule has 0 aliphatic heterocycles. The first kappa shape index (κ1) is 16.1. The van der Waals surface area contributed by atoms with Gasteiger partial charge in [-0.15, -0.1) is 0 Å². The molecular weight excluding hydrogens is 290 g/mol. The van der Waals surface area contributed by atoms with Gasteiger partial charge in [0.05, 0.1) is 18.1 Å². The summed E-state index contributed by atoms with van der Waals surface area (Å²) in [5.41, 5.74) is 2.28. The Kier molecular flexibility index (Phi) is 5.33. The van der Waals surface area contributed by atoms with E-state index in [1.807, 2.05) is 12.1 Å². The molecule has 0 N–H and O–H groups in total. The van der Waals surface area contributed by atoms with E-state index in [1.165, 1.54) is 6.20 Å². The van der Waals surface area contributed by atoms with E-state index >= 15 is 0 Å². The van der Waals surface area contributed by atoms with Crippen LogP contribution in [0.5, 0.6) is 0 Å². The predicted octanol–water partition coefficient (Wildman–Crippen LogP) is 2.14. The second kappa shape index (κ2) is 7.63. The van der Waals surface area contributed by atoms with E-state index in [1.54, 1.807) is 36.4 Å². The Labute approximate surface area is 133 Å². The molecule has 0 amide bonds. The number of rotatable bonds is 6. The minimum atomic E-state index is -0.185. The second-order valence-electron chi connectivity index (χ2n) is 5.08. The van der Waals surface area contributed by atoms with E-state index in [4.69, 9.17) is 10.5 Å². The van der Waals surface area contributed by atoms with E-state index in [-0.39, 0.29) is 36.5 Å². The molecule has 112 valence electrons. The molecule has 2 rings (SSSR count). The third-order valence-electron chi connectivity index (χ3n) is 3.22. The molecule has 0 bridgehead atoms. The molecule has 0 unspecified atom stereocenters. The zero-order chi connectivity index (χ0) is 16.7. The van der Waals surface area contributed by atoms with Crippen molar-refractivity contribution in [2.24, 2.45) is 0 Å². The third-order valence-corrected chi connectivity index (χ3v) is 3.22. The van der Waals surface area contributed by atoms with Gasteiger partial charge in [0.25, 0.3) is 0 Å². The molecule has 0 atom stereocenters. The van der Waals surface area contributed by atoms with Crippen LogP contribution in [-0.2, 0) is 22.4 Å². The number of carbonyl (C=O) groups is 2. The monoisotopic (exact) mass is 303 g/mol. The van der Waals surface area contributed by atoms with Crippen LogP contribution < -0.4 is 0 Å². The fourth-order valence-electron chi connectivity index (χ4n) is 2.09. The average molecular weight is 303 g/mol. The quantitative estimate of drug-likeness (QED) is 0.762. The molecule has 0 aliphatic carbocycles. The molecule has 1 heterocycles. The van der Waals surface area contributed by atoms with Crippen molar-refractivity contribution in [2.75, 3.05) is 0 Å². The number of Topliss-reactive ketones (excluding diaryl/α,β-unsaturated/α-hetero) is 2. The molecule has 23 heavy (non-hydrogen) atoms. The molecule has 0 fully saturated rings. The van der Waals surface area contributed by atoms with Gasteiger partial charge in [0.2, 0.25) is 0 Å². The first-order valence-electron chi connectivity index (χ1n) is 6.98. The zero-order valence-electron chi connectivity index (χ0n) is 12.3. The highest BCUT2D eigenvalue weighted by Crippen LogP contribution is 2.07. The summed E-state index contributed by atoms with van der Waals surface area (Å²) in [6.07, 6.45) is 1.63. The highest BCUT2D eigenvalue weighted by Gasteiger charge is 2.11. The van der Waals surface area contributed by atoms with Gasteiger partial charge in [-0.1, -0.05) is 18.2 Å². The molecule has 1 aromatic heterocycles. The summed E-state index contributed by atoms with van der Waals surface area (Å²) < 4.78 is 0. The summed E-state index contributed by atoms with van der Waals surface area (Å²) in [6, 6.07) is 13.8. The molecule has 0 aliphatic rings.